The van der Waals surface area contributed by atoms with Crippen molar-refractivity contribution in [3.63, 3.8) is 0 Å². The van der Waals surface area contributed by atoms with Gasteiger partial charge in [0.2, 0.25) is 11.8 Å². The smallest absolute Gasteiger partial charge is 0.264 e. The molecule has 7 nitrogen and oxygen atoms in total. The van der Waals surface area contributed by atoms with Gasteiger partial charge in [-0.25, -0.2) is 12.8 Å². The van der Waals surface area contributed by atoms with Gasteiger partial charge in [-0.1, -0.05) is 79.9 Å². The van der Waals surface area contributed by atoms with Crippen molar-refractivity contribution in [2.75, 3.05) is 17.4 Å². The summed E-state index contributed by atoms with van der Waals surface area (Å²) in [5.41, 5.74) is 2.40. The minimum absolute atomic E-state index is 0.0660. The van der Waals surface area contributed by atoms with Gasteiger partial charge >= 0.3 is 0 Å². The lowest BCUT2D eigenvalue weighted by molar-refractivity contribution is -0.140. The van der Waals surface area contributed by atoms with E-state index >= 15 is 4.39 Å². The minimum atomic E-state index is -4.33. The third-order valence-corrected chi connectivity index (χ3v) is 8.43. The number of anilines is 1. The van der Waals surface area contributed by atoms with E-state index in [9.17, 15) is 18.0 Å². The van der Waals surface area contributed by atoms with Crippen LogP contribution in [0.4, 0.5) is 10.1 Å². The number of nitrogens with one attached hydrogen (secondary N) is 1. The predicted octanol–water partition coefficient (Wildman–Crippen LogP) is 5.36. The number of nitrogens with zero attached hydrogens (tertiary/aromatic N) is 2. The Morgan fingerprint density at radius 3 is 2.25 bits per heavy atom. The Kier molecular flexibility index (Phi) is 10.8. The summed E-state index contributed by atoms with van der Waals surface area (Å²) in [4.78, 5) is 28.6. The van der Waals surface area contributed by atoms with Crippen LogP contribution in [0, 0.1) is 19.7 Å². The highest BCUT2D eigenvalue weighted by Gasteiger charge is 2.34. The van der Waals surface area contributed by atoms with Gasteiger partial charge in [-0.15, -0.1) is 0 Å². The predicted molar refractivity (Wildman–Crippen MR) is 156 cm³/mol. The first-order valence-corrected chi connectivity index (χ1v) is 15.0. The van der Waals surface area contributed by atoms with E-state index in [1.165, 1.54) is 35.2 Å². The van der Waals surface area contributed by atoms with Gasteiger partial charge in [-0.2, -0.15) is 0 Å². The van der Waals surface area contributed by atoms with Gasteiger partial charge < -0.3 is 10.2 Å². The molecule has 0 aliphatic carbocycles. The van der Waals surface area contributed by atoms with Crippen molar-refractivity contribution in [2.24, 2.45) is 0 Å². The number of sulfonamides is 1. The van der Waals surface area contributed by atoms with Gasteiger partial charge in [0.1, 0.15) is 18.4 Å². The number of aryl methyl sites for hydroxylation is 2. The standard InChI is InChI=1S/C31H38FN3O4S/c1-5-7-19-33-31(37)28(6-2)34(21-25-12-10-11-24(4)20-25)30(36)22-35(29-14-9-8-13-27(29)32)40(38,39)26-17-15-23(3)16-18-26/h8-18,20,28H,5-7,19,21-22H2,1-4H3,(H,33,37)/t28-/m0/s1. The first-order valence-electron chi connectivity index (χ1n) is 13.5. The molecule has 2 amide bonds. The number of halogens is 1. The lowest BCUT2D eigenvalue weighted by Crippen LogP contribution is -2.52. The fourth-order valence-electron chi connectivity index (χ4n) is 4.44. The molecule has 0 saturated heterocycles. The van der Waals surface area contributed by atoms with Gasteiger partial charge in [0.25, 0.3) is 10.0 Å². The SMILES string of the molecule is CCCCNC(=O)[C@H](CC)N(Cc1cccc(C)c1)C(=O)CN(c1ccccc1F)S(=O)(=O)c1ccc(C)cc1. The Hall–Kier alpha value is -3.72. The molecule has 214 valence electrons. The Balaban J connectivity index is 2.05. The topological polar surface area (TPSA) is 86.8 Å². The molecule has 0 aliphatic heterocycles. The van der Waals surface area contributed by atoms with Crippen molar-refractivity contribution in [1.82, 2.24) is 10.2 Å². The molecular formula is C31H38FN3O4S. The number of hydrogen-bond donors (Lipinski definition) is 1. The molecule has 9 heteroatoms. The highest BCUT2D eigenvalue weighted by Crippen LogP contribution is 2.27. The zero-order valence-corrected chi connectivity index (χ0v) is 24.4. The molecule has 0 aromatic heterocycles. The van der Waals surface area contributed by atoms with Crippen molar-refractivity contribution in [1.29, 1.82) is 0 Å². The summed E-state index contributed by atoms with van der Waals surface area (Å²) in [6, 6.07) is 18.3. The molecule has 0 radical (unpaired) electrons. The maximum Gasteiger partial charge on any atom is 0.264 e. The summed E-state index contributed by atoms with van der Waals surface area (Å²) in [6.07, 6.45) is 2.02. The Morgan fingerprint density at radius 2 is 1.62 bits per heavy atom. The fraction of sp³-hybridized carbons (Fsp3) is 0.355. The molecule has 0 saturated carbocycles. The summed E-state index contributed by atoms with van der Waals surface area (Å²) in [6.45, 7) is 7.47. The van der Waals surface area contributed by atoms with Crippen LogP contribution in [0.1, 0.15) is 49.8 Å². The second kappa shape index (κ2) is 14.1. The minimum Gasteiger partial charge on any atom is -0.354 e. The Labute approximate surface area is 237 Å². The van der Waals surface area contributed by atoms with Crippen molar-refractivity contribution < 1.29 is 22.4 Å². The number of unbranched alkanes of at least 4 members (excludes halogenated alkanes) is 1. The van der Waals surface area contributed by atoms with Gasteiger partial charge in [-0.05, 0) is 56.5 Å². The lowest BCUT2D eigenvalue weighted by atomic mass is 10.1. The fourth-order valence-corrected chi connectivity index (χ4v) is 5.86. The van der Waals surface area contributed by atoms with E-state index in [1.54, 1.807) is 19.1 Å². The van der Waals surface area contributed by atoms with E-state index in [0.717, 1.165) is 39.9 Å². The molecule has 3 rings (SSSR count). The summed E-state index contributed by atoms with van der Waals surface area (Å²) >= 11 is 0. The largest absolute Gasteiger partial charge is 0.354 e. The van der Waals surface area contributed by atoms with E-state index in [4.69, 9.17) is 0 Å². The first kappa shape index (κ1) is 30.8. The number of carbonyl (C=O) groups excluding carboxylic acids is 2. The Morgan fingerprint density at radius 1 is 0.925 bits per heavy atom. The molecule has 3 aromatic carbocycles. The summed E-state index contributed by atoms with van der Waals surface area (Å²) in [7, 11) is -4.33. The molecule has 1 N–H and O–H groups in total. The van der Waals surface area contributed by atoms with Crippen molar-refractivity contribution in [3.05, 3.63) is 95.3 Å². The van der Waals surface area contributed by atoms with Crippen LogP contribution >= 0.6 is 0 Å². The van der Waals surface area contributed by atoms with Crippen molar-refractivity contribution in [2.45, 2.75) is 64.4 Å². The van der Waals surface area contributed by atoms with Crippen LogP contribution in [0.25, 0.3) is 0 Å². The van der Waals surface area contributed by atoms with Crippen molar-refractivity contribution in [3.8, 4) is 0 Å². The maximum absolute atomic E-state index is 15.0. The molecular weight excluding hydrogens is 529 g/mol. The quantitative estimate of drug-likeness (QED) is 0.282. The summed E-state index contributed by atoms with van der Waals surface area (Å²) in [5.74, 6) is -1.70. The van der Waals surface area contributed by atoms with Crippen LogP contribution in [0.3, 0.4) is 0 Å². The highest BCUT2D eigenvalue weighted by molar-refractivity contribution is 7.92. The second-order valence-electron chi connectivity index (χ2n) is 9.86. The Bertz CT molecular complexity index is 1410. The van der Waals surface area contributed by atoms with E-state index in [1.807, 2.05) is 45.0 Å². The zero-order chi connectivity index (χ0) is 29.3. The third-order valence-electron chi connectivity index (χ3n) is 6.66. The van der Waals surface area contributed by atoms with Crippen LogP contribution in [0.15, 0.2) is 77.7 Å². The van der Waals surface area contributed by atoms with Crippen LogP contribution in [0.2, 0.25) is 0 Å². The van der Waals surface area contributed by atoms with E-state index < -0.39 is 34.3 Å². The second-order valence-corrected chi connectivity index (χ2v) is 11.7. The molecule has 0 heterocycles. The molecule has 3 aromatic rings. The van der Waals surface area contributed by atoms with Gasteiger partial charge in [0.15, 0.2) is 0 Å². The highest BCUT2D eigenvalue weighted by atomic mass is 32.2. The lowest BCUT2D eigenvalue weighted by Gasteiger charge is -2.33. The van der Waals surface area contributed by atoms with E-state index in [0.29, 0.717) is 13.0 Å². The van der Waals surface area contributed by atoms with Crippen LogP contribution in [0.5, 0.6) is 0 Å². The van der Waals surface area contributed by atoms with Gasteiger partial charge in [0, 0.05) is 13.1 Å². The number of hydrogen-bond acceptors (Lipinski definition) is 4. The molecule has 0 aliphatic rings. The van der Waals surface area contributed by atoms with Crippen molar-refractivity contribution >= 4 is 27.5 Å². The molecule has 0 unspecified atom stereocenters. The normalized spacial score (nSPS) is 12.0. The zero-order valence-electron chi connectivity index (χ0n) is 23.6. The van der Waals surface area contributed by atoms with Gasteiger partial charge in [-0.3, -0.25) is 13.9 Å². The number of para-hydroxylation sites is 1. The van der Waals surface area contributed by atoms with E-state index in [-0.39, 0.29) is 23.0 Å². The first-order chi connectivity index (χ1) is 19.1. The van der Waals surface area contributed by atoms with Crippen LogP contribution < -0.4 is 9.62 Å². The molecule has 0 bridgehead atoms. The number of carbonyl (C=O) groups is 2. The third kappa shape index (κ3) is 7.69. The molecule has 0 spiro atoms. The van der Waals surface area contributed by atoms with Crippen LogP contribution in [-0.2, 0) is 26.2 Å². The number of benzene rings is 3. The number of rotatable bonds is 13. The molecule has 0 fully saturated rings. The average Bonchev–Trinajstić information content (AvgIpc) is 2.92. The van der Waals surface area contributed by atoms with Crippen LogP contribution in [-0.4, -0.2) is 44.3 Å². The van der Waals surface area contributed by atoms with Gasteiger partial charge in [0.05, 0.1) is 10.6 Å². The molecule has 40 heavy (non-hydrogen) atoms. The molecule has 1 atom stereocenters. The number of amides is 2. The average molecular weight is 568 g/mol. The monoisotopic (exact) mass is 567 g/mol. The maximum atomic E-state index is 15.0. The summed E-state index contributed by atoms with van der Waals surface area (Å²) in [5, 5.41) is 2.90. The van der Waals surface area contributed by atoms with E-state index in [2.05, 4.69) is 5.32 Å². The summed E-state index contributed by atoms with van der Waals surface area (Å²) < 4.78 is 43.4.